The fourth-order valence-electron chi connectivity index (χ4n) is 6.58. The highest BCUT2D eigenvalue weighted by molar-refractivity contribution is 5.78. The van der Waals surface area contributed by atoms with Crippen LogP contribution in [0.1, 0.15) is 43.2 Å². The Hall–Kier alpha value is -3.19. The molecule has 1 amide bonds. The highest BCUT2D eigenvalue weighted by atomic mass is 16.6. The van der Waals surface area contributed by atoms with Crippen molar-refractivity contribution in [2.45, 2.75) is 51.1 Å². The van der Waals surface area contributed by atoms with Crippen molar-refractivity contribution in [1.29, 1.82) is 0 Å². The Morgan fingerprint density at radius 2 is 1.36 bits per heavy atom. The van der Waals surface area contributed by atoms with Gasteiger partial charge < -0.3 is 9.74 Å². The molecule has 3 aliphatic rings. The second kappa shape index (κ2) is 11.9. The van der Waals surface area contributed by atoms with E-state index >= 15 is 0 Å². The molecule has 2 heterocycles. The number of carbonyl (C=O) groups excluding carboxylic acids is 1. The molecule has 0 radical (unpaired) electrons. The predicted molar refractivity (Wildman–Crippen MR) is 156 cm³/mol. The summed E-state index contributed by atoms with van der Waals surface area (Å²) >= 11 is 0. The van der Waals surface area contributed by atoms with Gasteiger partial charge in [-0.2, -0.15) is 5.90 Å². The van der Waals surface area contributed by atoms with Gasteiger partial charge in [0.15, 0.2) is 0 Å². The molecule has 2 fully saturated rings. The average molecular weight is 525 g/mol. The highest BCUT2D eigenvalue weighted by Gasteiger charge is 2.28. The van der Waals surface area contributed by atoms with E-state index in [-0.39, 0.29) is 0 Å². The second-order valence-corrected chi connectivity index (χ2v) is 11.4. The van der Waals surface area contributed by atoms with Crippen LogP contribution in [-0.2, 0) is 17.8 Å². The van der Waals surface area contributed by atoms with Crippen LogP contribution in [0.3, 0.4) is 0 Å². The normalized spacial score (nSPS) is 19.1. The van der Waals surface area contributed by atoms with Gasteiger partial charge in [0.25, 0.3) is 0 Å². The summed E-state index contributed by atoms with van der Waals surface area (Å²) in [7, 11) is 0. The van der Waals surface area contributed by atoms with E-state index in [0.29, 0.717) is 18.2 Å². The number of nitrogens with zero attached hydrogens (tertiary/aromatic N) is 3. The van der Waals surface area contributed by atoms with Crippen LogP contribution in [0.2, 0.25) is 0 Å². The molecule has 1 saturated carbocycles. The van der Waals surface area contributed by atoms with Crippen LogP contribution in [0, 0.1) is 0 Å². The monoisotopic (exact) mass is 524 g/mol. The van der Waals surface area contributed by atoms with Crippen molar-refractivity contribution in [3.8, 4) is 28.0 Å². The van der Waals surface area contributed by atoms with E-state index in [1.807, 2.05) is 24.3 Å². The van der Waals surface area contributed by atoms with E-state index in [1.54, 1.807) is 0 Å². The molecule has 0 bridgehead atoms. The maximum absolute atomic E-state index is 13.1. The first-order valence-corrected chi connectivity index (χ1v) is 14.6. The van der Waals surface area contributed by atoms with Gasteiger partial charge in [0.2, 0.25) is 5.91 Å². The molecule has 3 aromatic rings. The van der Waals surface area contributed by atoms with Gasteiger partial charge in [0, 0.05) is 45.3 Å². The predicted octanol–water partition coefficient (Wildman–Crippen LogP) is 5.11. The number of rotatable bonds is 6. The van der Waals surface area contributed by atoms with Gasteiger partial charge in [-0.1, -0.05) is 73.9 Å². The van der Waals surface area contributed by atoms with Gasteiger partial charge in [-0.05, 0) is 64.8 Å². The number of hydrogen-bond donors (Lipinski definition) is 1. The third kappa shape index (κ3) is 6.03. The summed E-state index contributed by atoms with van der Waals surface area (Å²) < 4.78 is 0. The van der Waals surface area contributed by atoms with E-state index in [2.05, 4.69) is 57.2 Å². The standard InChI is InChI=1S/C33H40N4O2/c34-39-32-14-12-26(13-15-32)25-6-8-27(9-7-25)28-10-11-30-23-35(17-16-29(30)22-28)24-33(38)37-20-18-36(19-21-37)31-4-2-1-3-5-31/h6-15,22,31H,1-5,16-21,23-24,34H2. The van der Waals surface area contributed by atoms with E-state index in [4.69, 9.17) is 10.7 Å². The number of fused-ring (bicyclic) bond motifs is 1. The number of carbonyl (C=O) groups is 1. The maximum atomic E-state index is 13.1. The molecule has 2 aliphatic heterocycles. The first-order valence-electron chi connectivity index (χ1n) is 14.6. The lowest BCUT2D eigenvalue weighted by Gasteiger charge is -2.41. The number of nitrogens with two attached hydrogens (primary N) is 1. The van der Waals surface area contributed by atoms with Crippen LogP contribution >= 0.6 is 0 Å². The average Bonchev–Trinajstić information content (AvgIpc) is 3.01. The minimum Gasteiger partial charge on any atom is -0.412 e. The van der Waals surface area contributed by atoms with Crippen LogP contribution in [0.5, 0.6) is 5.75 Å². The zero-order valence-electron chi connectivity index (χ0n) is 22.9. The zero-order valence-corrected chi connectivity index (χ0v) is 22.9. The van der Waals surface area contributed by atoms with E-state index in [0.717, 1.165) is 62.9 Å². The van der Waals surface area contributed by atoms with Gasteiger partial charge in [-0.3, -0.25) is 14.6 Å². The van der Waals surface area contributed by atoms with Crippen LogP contribution in [0.25, 0.3) is 22.3 Å². The Labute approximate surface area is 232 Å². The van der Waals surface area contributed by atoms with Crippen molar-refractivity contribution in [2.24, 2.45) is 5.90 Å². The quantitative estimate of drug-likeness (QED) is 0.454. The van der Waals surface area contributed by atoms with Gasteiger partial charge >= 0.3 is 0 Å². The van der Waals surface area contributed by atoms with E-state index < -0.39 is 0 Å². The van der Waals surface area contributed by atoms with E-state index in [9.17, 15) is 4.79 Å². The molecule has 0 spiro atoms. The Kier molecular flexibility index (Phi) is 7.95. The molecule has 6 rings (SSSR count). The summed E-state index contributed by atoms with van der Waals surface area (Å²) in [6, 6.07) is 24.0. The molecular weight excluding hydrogens is 484 g/mol. The zero-order chi connectivity index (χ0) is 26.6. The Morgan fingerprint density at radius 1 is 0.744 bits per heavy atom. The van der Waals surface area contributed by atoms with Crippen molar-refractivity contribution in [1.82, 2.24) is 14.7 Å². The summed E-state index contributed by atoms with van der Waals surface area (Å²) in [6.45, 7) is 6.17. The molecule has 6 nitrogen and oxygen atoms in total. The fourth-order valence-corrected chi connectivity index (χ4v) is 6.58. The summed E-state index contributed by atoms with van der Waals surface area (Å²) in [5.74, 6) is 6.18. The van der Waals surface area contributed by atoms with Crippen LogP contribution in [0.4, 0.5) is 0 Å². The number of hydrogen-bond acceptors (Lipinski definition) is 5. The molecule has 0 aromatic heterocycles. The van der Waals surface area contributed by atoms with Gasteiger partial charge in [-0.15, -0.1) is 0 Å². The Balaban J connectivity index is 1.03. The van der Waals surface area contributed by atoms with Crippen LogP contribution in [0.15, 0.2) is 66.7 Å². The first kappa shape index (κ1) is 26.1. The molecule has 0 atom stereocenters. The van der Waals surface area contributed by atoms with Crippen LogP contribution < -0.4 is 10.7 Å². The van der Waals surface area contributed by atoms with Gasteiger partial charge in [0.05, 0.1) is 6.54 Å². The molecule has 1 saturated heterocycles. The fraction of sp³-hybridized carbons (Fsp3) is 0.424. The number of amides is 1. The van der Waals surface area contributed by atoms with Crippen molar-refractivity contribution in [3.05, 3.63) is 77.9 Å². The van der Waals surface area contributed by atoms with E-state index in [1.165, 1.54) is 54.4 Å². The van der Waals surface area contributed by atoms with Crippen molar-refractivity contribution in [3.63, 3.8) is 0 Å². The topological polar surface area (TPSA) is 62.0 Å². The minimum atomic E-state index is 0.295. The maximum Gasteiger partial charge on any atom is 0.236 e. The summed E-state index contributed by atoms with van der Waals surface area (Å²) in [5.41, 5.74) is 7.50. The van der Waals surface area contributed by atoms with Crippen molar-refractivity contribution >= 4 is 5.91 Å². The summed E-state index contributed by atoms with van der Waals surface area (Å²) in [5, 5.41) is 0. The SMILES string of the molecule is NOc1ccc(-c2ccc(-c3ccc4c(c3)CCN(CC(=O)N3CCN(C5CCCCC5)CC3)C4)cc2)cc1. The number of benzene rings is 3. The molecule has 204 valence electrons. The number of piperazine rings is 1. The van der Waals surface area contributed by atoms with Crippen molar-refractivity contribution < 1.29 is 9.63 Å². The summed E-state index contributed by atoms with van der Waals surface area (Å²) in [6.07, 6.45) is 7.80. The molecule has 39 heavy (non-hydrogen) atoms. The minimum absolute atomic E-state index is 0.295. The largest absolute Gasteiger partial charge is 0.412 e. The van der Waals surface area contributed by atoms with Crippen molar-refractivity contribution in [2.75, 3.05) is 39.3 Å². The Bertz CT molecular complexity index is 1260. The molecule has 1 aliphatic carbocycles. The molecule has 3 aromatic carbocycles. The first-order chi connectivity index (χ1) is 19.2. The highest BCUT2D eigenvalue weighted by Crippen LogP contribution is 2.29. The van der Waals surface area contributed by atoms with Gasteiger partial charge in [-0.25, -0.2) is 0 Å². The van der Waals surface area contributed by atoms with Gasteiger partial charge in [0.1, 0.15) is 5.75 Å². The smallest absolute Gasteiger partial charge is 0.236 e. The molecule has 2 N–H and O–H groups in total. The van der Waals surface area contributed by atoms with Crippen LogP contribution in [-0.4, -0.2) is 65.9 Å². The molecule has 6 heteroatoms. The molecular formula is C33H40N4O2. The molecule has 0 unspecified atom stereocenters. The lowest BCUT2D eigenvalue weighted by molar-refractivity contribution is -0.134. The Morgan fingerprint density at radius 3 is 2.03 bits per heavy atom. The lowest BCUT2D eigenvalue weighted by Crippen LogP contribution is -2.54. The lowest BCUT2D eigenvalue weighted by atomic mass is 9.93. The second-order valence-electron chi connectivity index (χ2n) is 11.4. The third-order valence-corrected chi connectivity index (χ3v) is 8.96. The third-order valence-electron chi connectivity index (χ3n) is 8.96. The summed E-state index contributed by atoms with van der Waals surface area (Å²) in [4.78, 5) is 25.0.